The summed E-state index contributed by atoms with van der Waals surface area (Å²) in [6, 6.07) is 12.3. The number of benzene rings is 2. The summed E-state index contributed by atoms with van der Waals surface area (Å²) in [5.41, 5.74) is 1.79. The van der Waals surface area contributed by atoms with Crippen molar-refractivity contribution < 1.29 is 18.7 Å². The van der Waals surface area contributed by atoms with Crippen molar-refractivity contribution >= 4 is 22.8 Å². The van der Waals surface area contributed by atoms with Crippen molar-refractivity contribution in [2.45, 2.75) is 19.4 Å². The molecule has 0 bridgehead atoms. The molecule has 2 aromatic carbocycles. The smallest absolute Gasteiger partial charge is 0.348 e. The maximum Gasteiger partial charge on any atom is 0.348 e. The molecule has 31 heavy (non-hydrogen) atoms. The molecule has 1 N–H and O–H groups in total. The number of fused-ring (bicyclic) bond motifs is 1. The maximum atomic E-state index is 13.3. The van der Waals surface area contributed by atoms with Crippen molar-refractivity contribution in [3.63, 3.8) is 0 Å². The number of carbonyl (C=O) groups is 1. The summed E-state index contributed by atoms with van der Waals surface area (Å²) in [6.45, 7) is 3.89. The van der Waals surface area contributed by atoms with Crippen LogP contribution in [0.15, 0.2) is 51.7 Å². The Morgan fingerprint density at radius 1 is 1.19 bits per heavy atom. The molecule has 1 saturated heterocycles. The second-order valence-electron chi connectivity index (χ2n) is 7.46. The first-order chi connectivity index (χ1) is 15.0. The van der Waals surface area contributed by atoms with Gasteiger partial charge in [-0.2, -0.15) is 4.98 Å². The van der Waals surface area contributed by atoms with Crippen molar-refractivity contribution in [1.29, 1.82) is 0 Å². The summed E-state index contributed by atoms with van der Waals surface area (Å²) in [5, 5.41) is 3.51. The highest BCUT2D eigenvalue weighted by atomic mass is 16.5. The molecule has 1 atom stereocenters. The molecule has 1 amide bonds. The van der Waals surface area contributed by atoms with Crippen molar-refractivity contribution in [2.75, 3.05) is 38.7 Å². The predicted octanol–water partition coefficient (Wildman–Crippen LogP) is 2.39. The van der Waals surface area contributed by atoms with Gasteiger partial charge < -0.3 is 24.1 Å². The minimum Gasteiger partial charge on any atom is -0.497 e. The number of carbonyl (C=O) groups excluding carboxylic acids is 1. The van der Waals surface area contributed by atoms with E-state index < -0.39 is 11.7 Å². The number of nitrogens with zero attached hydrogens (tertiary/aromatic N) is 2. The highest BCUT2D eigenvalue weighted by Crippen LogP contribution is 2.18. The SMILES string of the molecule is COc1ccc(C[C@H](Nc2nc3cccc(C)c3c(=O)o2)C(=O)N2CCOCC2)cc1. The van der Waals surface area contributed by atoms with E-state index in [0.717, 1.165) is 16.9 Å². The summed E-state index contributed by atoms with van der Waals surface area (Å²) in [5.74, 6) is 0.651. The number of rotatable bonds is 6. The second-order valence-corrected chi connectivity index (χ2v) is 7.46. The number of aryl methyl sites for hydroxylation is 1. The Bertz CT molecular complexity index is 1120. The van der Waals surface area contributed by atoms with Gasteiger partial charge in [-0.05, 0) is 36.2 Å². The van der Waals surface area contributed by atoms with Crippen LogP contribution in [-0.4, -0.2) is 55.2 Å². The zero-order valence-electron chi connectivity index (χ0n) is 17.6. The molecule has 3 aromatic rings. The van der Waals surface area contributed by atoms with Crippen LogP contribution in [0.25, 0.3) is 10.9 Å². The molecule has 1 aromatic heterocycles. The third kappa shape index (κ3) is 4.69. The summed E-state index contributed by atoms with van der Waals surface area (Å²) in [7, 11) is 1.61. The number of ether oxygens (including phenoxy) is 2. The number of methoxy groups -OCH3 is 1. The molecule has 1 aliphatic rings. The Kier molecular flexibility index (Phi) is 6.18. The molecule has 0 radical (unpaired) electrons. The molecular weight excluding hydrogens is 398 g/mol. The number of anilines is 1. The van der Waals surface area contributed by atoms with Gasteiger partial charge >= 0.3 is 5.63 Å². The van der Waals surface area contributed by atoms with Crippen LogP contribution in [-0.2, 0) is 16.0 Å². The van der Waals surface area contributed by atoms with Crippen LogP contribution >= 0.6 is 0 Å². The van der Waals surface area contributed by atoms with Gasteiger partial charge in [-0.25, -0.2) is 4.79 Å². The van der Waals surface area contributed by atoms with E-state index in [9.17, 15) is 9.59 Å². The highest BCUT2D eigenvalue weighted by molar-refractivity contribution is 5.85. The quantitative estimate of drug-likeness (QED) is 0.651. The lowest BCUT2D eigenvalue weighted by Gasteiger charge is -2.30. The van der Waals surface area contributed by atoms with Crippen molar-refractivity contribution in [2.24, 2.45) is 0 Å². The Balaban J connectivity index is 1.63. The first-order valence-electron chi connectivity index (χ1n) is 10.2. The number of amides is 1. The number of aromatic nitrogens is 1. The van der Waals surface area contributed by atoms with E-state index in [0.29, 0.717) is 43.6 Å². The maximum absolute atomic E-state index is 13.3. The molecule has 8 nitrogen and oxygen atoms in total. The Morgan fingerprint density at radius 2 is 1.94 bits per heavy atom. The lowest BCUT2D eigenvalue weighted by atomic mass is 10.0. The van der Waals surface area contributed by atoms with E-state index in [1.54, 1.807) is 18.1 Å². The molecule has 1 fully saturated rings. The Morgan fingerprint density at radius 3 is 2.65 bits per heavy atom. The van der Waals surface area contributed by atoms with E-state index in [1.165, 1.54) is 0 Å². The van der Waals surface area contributed by atoms with Crippen LogP contribution in [0.1, 0.15) is 11.1 Å². The van der Waals surface area contributed by atoms with E-state index in [1.807, 2.05) is 43.3 Å². The summed E-state index contributed by atoms with van der Waals surface area (Å²) in [4.78, 5) is 32.0. The zero-order valence-corrected chi connectivity index (χ0v) is 17.6. The van der Waals surface area contributed by atoms with Gasteiger partial charge in [0.1, 0.15) is 11.8 Å². The summed E-state index contributed by atoms with van der Waals surface area (Å²) < 4.78 is 16.0. The number of morpholine rings is 1. The number of hydrogen-bond donors (Lipinski definition) is 1. The standard InChI is InChI=1S/C23H25N3O5/c1-15-4-3-5-18-20(15)22(28)31-23(24-18)25-19(21(27)26-10-12-30-13-11-26)14-16-6-8-17(29-2)9-7-16/h3-9,19H,10-14H2,1-2H3,(H,24,25)/t19-/m0/s1. The van der Waals surface area contributed by atoms with E-state index >= 15 is 0 Å². The lowest BCUT2D eigenvalue weighted by molar-refractivity contribution is -0.136. The van der Waals surface area contributed by atoms with Gasteiger partial charge in [-0.1, -0.05) is 24.3 Å². The van der Waals surface area contributed by atoms with Gasteiger partial charge in [-0.15, -0.1) is 0 Å². The number of hydrogen-bond acceptors (Lipinski definition) is 7. The van der Waals surface area contributed by atoms with Gasteiger partial charge in [0, 0.05) is 19.5 Å². The van der Waals surface area contributed by atoms with Gasteiger partial charge in [0.2, 0.25) is 5.91 Å². The van der Waals surface area contributed by atoms with Crippen LogP contribution in [0.2, 0.25) is 0 Å². The van der Waals surface area contributed by atoms with E-state index in [2.05, 4.69) is 10.3 Å². The van der Waals surface area contributed by atoms with Crippen LogP contribution in [0.3, 0.4) is 0 Å². The fraction of sp³-hybridized carbons (Fsp3) is 0.348. The molecule has 0 unspecified atom stereocenters. The molecule has 0 spiro atoms. The van der Waals surface area contributed by atoms with E-state index in [-0.39, 0.29) is 11.9 Å². The Labute approximate surface area is 179 Å². The summed E-state index contributed by atoms with van der Waals surface area (Å²) >= 11 is 0. The minimum atomic E-state index is -0.649. The largest absolute Gasteiger partial charge is 0.497 e. The van der Waals surface area contributed by atoms with Crippen LogP contribution < -0.4 is 15.7 Å². The molecule has 1 aliphatic heterocycles. The second kappa shape index (κ2) is 9.18. The van der Waals surface area contributed by atoms with Gasteiger partial charge in [0.15, 0.2) is 0 Å². The van der Waals surface area contributed by atoms with E-state index in [4.69, 9.17) is 13.9 Å². The first kappa shape index (κ1) is 20.9. The third-order valence-corrected chi connectivity index (χ3v) is 5.38. The predicted molar refractivity (Wildman–Crippen MR) is 117 cm³/mol. The van der Waals surface area contributed by atoms with Crippen molar-refractivity contribution in [1.82, 2.24) is 9.88 Å². The average Bonchev–Trinajstić information content (AvgIpc) is 2.79. The van der Waals surface area contributed by atoms with Crippen molar-refractivity contribution in [3.8, 4) is 5.75 Å². The van der Waals surface area contributed by atoms with Crippen LogP contribution in [0.4, 0.5) is 6.01 Å². The summed E-state index contributed by atoms with van der Waals surface area (Å²) in [6.07, 6.45) is 0.400. The highest BCUT2D eigenvalue weighted by Gasteiger charge is 2.27. The monoisotopic (exact) mass is 423 g/mol. The van der Waals surface area contributed by atoms with Gasteiger partial charge in [-0.3, -0.25) is 4.79 Å². The molecule has 8 heteroatoms. The average molecular weight is 423 g/mol. The molecule has 4 rings (SSSR count). The first-order valence-corrected chi connectivity index (χ1v) is 10.2. The minimum absolute atomic E-state index is 0.0308. The van der Waals surface area contributed by atoms with Crippen LogP contribution in [0.5, 0.6) is 5.75 Å². The molecular formula is C23H25N3O5. The molecule has 0 aliphatic carbocycles. The fourth-order valence-corrected chi connectivity index (χ4v) is 3.69. The Hall–Kier alpha value is -3.39. The fourth-order valence-electron chi connectivity index (χ4n) is 3.69. The molecule has 0 saturated carbocycles. The van der Waals surface area contributed by atoms with Crippen molar-refractivity contribution in [3.05, 3.63) is 64.0 Å². The lowest BCUT2D eigenvalue weighted by Crippen LogP contribution is -2.49. The zero-order chi connectivity index (χ0) is 21.8. The third-order valence-electron chi connectivity index (χ3n) is 5.38. The normalized spacial score (nSPS) is 15.0. The molecule has 2 heterocycles. The van der Waals surface area contributed by atoms with Gasteiger partial charge in [0.05, 0.1) is 31.2 Å². The topological polar surface area (TPSA) is 93.9 Å². The van der Waals surface area contributed by atoms with Gasteiger partial charge in [0.25, 0.3) is 6.01 Å². The number of nitrogens with one attached hydrogen (secondary N) is 1. The van der Waals surface area contributed by atoms with Crippen LogP contribution in [0, 0.1) is 6.92 Å². The molecule has 162 valence electrons.